The van der Waals surface area contributed by atoms with Crippen LogP contribution in [0.2, 0.25) is 5.02 Å². The molecular weight excluding hydrogens is 373 g/mol. The molecule has 0 radical (unpaired) electrons. The Bertz CT molecular complexity index is 820. The Labute approximate surface area is 162 Å². The van der Waals surface area contributed by atoms with Crippen LogP contribution in [0.25, 0.3) is 0 Å². The summed E-state index contributed by atoms with van der Waals surface area (Å²) in [6.07, 6.45) is 0. The number of thiocarbonyl (C=S) groups is 1. The average molecular weight is 392 g/mol. The summed E-state index contributed by atoms with van der Waals surface area (Å²) < 4.78 is 13.2. The van der Waals surface area contributed by atoms with Crippen molar-refractivity contribution in [3.63, 3.8) is 0 Å². The average Bonchev–Trinajstić information content (AvgIpc) is 2.65. The van der Waals surface area contributed by atoms with Crippen molar-refractivity contribution >= 4 is 46.1 Å². The van der Waals surface area contributed by atoms with Crippen LogP contribution in [0.3, 0.4) is 0 Å². The fourth-order valence-electron chi connectivity index (χ4n) is 2.85. The Morgan fingerprint density at radius 3 is 2.35 bits per heavy atom. The molecule has 2 aromatic carbocycles. The van der Waals surface area contributed by atoms with Crippen molar-refractivity contribution in [2.24, 2.45) is 0 Å². The number of rotatable bonds is 3. The maximum absolute atomic E-state index is 13.2. The first-order valence-corrected chi connectivity index (χ1v) is 9.09. The van der Waals surface area contributed by atoms with Crippen molar-refractivity contribution < 1.29 is 9.18 Å². The lowest BCUT2D eigenvalue weighted by molar-refractivity contribution is 0.101. The molecule has 26 heavy (non-hydrogen) atoms. The number of ketones is 1. The van der Waals surface area contributed by atoms with Gasteiger partial charge >= 0.3 is 0 Å². The second-order valence-electron chi connectivity index (χ2n) is 6.14. The summed E-state index contributed by atoms with van der Waals surface area (Å²) in [5.74, 6) is -0.383. The second-order valence-corrected chi connectivity index (χ2v) is 6.93. The summed E-state index contributed by atoms with van der Waals surface area (Å²) in [7, 11) is 0. The second kappa shape index (κ2) is 8.01. The molecule has 0 bridgehead atoms. The number of piperazine rings is 1. The summed E-state index contributed by atoms with van der Waals surface area (Å²) in [5, 5.41) is 3.77. The van der Waals surface area contributed by atoms with E-state index in [1.54, 1.807) is 13.0 Å². The number of nitrogens with zero attached hydrogens (tertiary/aromatic N) is 2. The standard InChI is InChI=1S/C19H19ClFN3OS/c1-13(25)14-2-5-16(6-3-14)23-8-10-24(11-9-23)19(26)22-15-4-7-18(21)17(20)12-15/h2-7,12H,8-11H2,1H3,(H,22,26). The van der Waals surface area contributed by atoms with Gasteiger partial charge in [0.15, 0.2) is 10.9 Å². The lowest BCUT2D eigenvalue weighted by Gasteiger charge is -2.37. The summed E-state index contributed by atoms with van der Waals surface area (Å²) in [5.41, 5.74) is 2.48. The zero-order chi connectivity index (χ0) is 18.7. The molecule has 0 amide bonds. The van der Waals surface area contributed by atoms with Gasteiger partial charge in [-0.05, 0) is 61.6 Å². The Hall–Kier alpha value is -2.18. The van der Waals surface area contributed by atoms with Crippen LogP contribution in [0.5, 0.6) is 0 Å². The SMILES string of the molecule is CC(=O)c1ccc(N2CCN(C(=S)Nc3ccc(F)c(Cl)c3)CC2)cc1. The van der Waals surface area contributed by atoms with E-state index >= 15 is 0 Å². The monoisotopic (exact) mass is 391 g/mol. The highest BCUT2D eigenvalue weighted by Gasteiger charge is 2.19. The third kappa shape index (κ3) is 4.31. The molecule has 1 heterocycles. The van der Waals surface area contributed by atoms with E-state index in [-0.39, 0.29) is 10.8 Å². The minimum Gasteiger partial charge on any atom is -0.368 e. The van der Waals surface area contributed by atoms with Gasteiger partial charge in [0.2, 0.25) is 0 Å². The molecule has 1 N–H and O–H groups in total. The smallest absolute Gasteiger partial charge is 0.173 e. The number of carbonyl (C=O) groups is 1. The number of benzene rings is 2. The zero-order valence-corrected chi connectivity index (χ0v) is 15.9. The molecule has 3 rings (SSSR count). The molecule has 0 unspecified atom stereocenters. The molecule has 136 valence electrons. The number of carbonyl (C=O) groups excluding carboxylic acids is 1. The topological polar surface area (TPSA) is 35.6 Å². The minimum atomic E-state index is -0.451. The van der Waals surface area contributed by atoms with Gasteiger partial charge in [0, 0.05) is 43.1 Å². The summed E-state index contributed by atoms with van der Waals surface area (Å²) >= 11 is 11.3. The Morgan fingerprint density at radius 1 is 1.12 bits per heavy atom. The number of nitrogens with one attached hydrogen (secondary N) is 1. The predicted octanol–water partition coefficient (Wildman–Crippen LogP) is 4.20. The van der Waals surface area contributed by atoms with Crippen molar-refractivity contribution in [2.45, 2.75) is 6.92 Å². The number of Topliss-reactive ketones (excluding diaryl/α,β-unsaturated/α-hetero) is 1. The van der Waals surface area contributed by atoms with Crippen molar-refractivity contribution in [3.05, 3.63) is 58.9 Å². The molecule has 0 aromatic heterocycles. The van der Waals surface area contributed by atoms with Crippen LogP contribution in [0.1, 0.15) is 17.3 Å². The molecule has 1 aliphatic rings. The number of anilines is 2. The van der Waals surface area contributed by atoms with Crippen LogP contribution in [0, 0.1) is 5.82 Å². The molecule has 1 saturated heterocycles. The number of hydrogen-bond donors (Lipinski definition) is 1. The van der Waals surface area contributed by atoms with Gasteiger partial charge in [0.25, 0.3) is 0 Å². The molecule has 1 aliphatic heterocycles. The highest BCUT2D eigenvalue weighted by molar-refractivity contribution is 7.80. The molecule has 0 spiro atoms. The van der Waals surface area contributed by atoms with Gasteiger partial charge in [-0.2, -0.15) is 0 Å². The number of hydrogen-bond acceptors (Lipinski definition) is 3. The Kier molecular flexibility index (Phi) is 5.74. The van der Waals surface area contributed by atoms with Gasteiger partial charge in [0.1, 0.15) is 5.82 Å². The van der Waals surface area contributed by atoms with Gasteiger partial charge in [0.05, 0.1) is 5.02 Å². The third-order valence-electron chi connectivity index (χ3n) is 4.38. The van der Waals surface area contributed by atoms with Gasteiger partial charge in [-0.1, -0.05) is 11.6 Å². The normalized spacial score (nSPS) is 14.3. The first-order valence-electron chi connectivity index (χ1n) is 8.31. The first kappa shape index (κ1) is 18.6. The lowest BCUT2D eigenvalue weighted by atomic mass is 10.1. The van der Waals surface area contributed by atoms with E-state index in [2.05, 4.69) is 15.1 Å². The van der Waals surface area contributed by atoms with Gasteiger partial charge in [-0.25, -0.2) is 4.39 Å². The molecule has 2 aromatic rings. The van der Waals surface area contributed by atoms with Crippen LogP contribution in [0.15, 0.2) is 42.5 Å². The van der Waals surface area contributed by atoms with Gasteiger partial charge in [-0.3, -0.25) is 4.79 Å². The number of halogens is 2. The van der Waals surface area contributed by atoms with E-state index in [0.29, 0.717) is 10.8 Å². The maximum Gasteiger partial charge on any atom is 0.173 e. The minimum absolute atomic E-state index is 0.0663. The molecular formula is C19H19ClFN3OS. The van der Waals surface area contributed by atoms with E-state index in [0.717, 1.165) is 37.4 Å². The van der Waals surface area contributed by atoms with Crippen LogP contribution < -0.4 is 10.2 Å². The highest BCUT2D eigenvalue weighted by atomic mass is 35.5. The largest absolute Gasteiger partial charge is 0.368 e. The summed E-state index contributed by atoms with van der Waals surface area (Å²) in [6, 6.07) is 12.1. The molecule has 0 aliphatic carbocycles. The quantitative estimate of drug-likeness (QED) is 0.626. The van der Waals surface area contributed by atoms with Crippen LogP contribution in [-0.4, -0.2) is 42.0 Å². The Morgan fingerprint density at radius 2 is 1.77 bits per heavy atom. The third-order valence-corrected chi connectivity index (χ3v) is 5.03. The van der Waals surface area contributed by atoms with Gasteiger partial charge in [-0.15, -0.1) is 0 Å². The fraction of sp³-hybridized carbons (Fsp3) is 0.263. The van der Waals surface area contributed by atoms with Crippen molar-refractivity contribution in [3.8, 4) is 0 Å². The van der Waals surface area contributed by atoms with Crippen LogP contribution in [0.4, 0.5) is 15.8 Å². The molecule has 7 heteroatoms. The van der Waals surface area contributed by atoms with E-state index in [1.807, 2.05) is 24.3 Å². The van der Waals surface area contributed by atoms with E-state index in [9.17, 15) is 9.18 Å². The van der Waals surface area contributed by atoms with E-state index in [4.69, 9.17) is 23.8 Å². The fourth-order valence-corrected chi connectivity index (χ4v) is 3.33. The zero-order valence-electron chi connectivity index (χ0n) is 14.3. The first-order chi connectivity index (χ1) is 12.4. The predicted molar refractivity (Wildman–Crippen MR) is 108 cm³/mol. The molecule has 0 saturated carbocycles. The van der Waals surface area contributed by atoms with Gasteiger partial charge < -0.3 is 15.1 Å². The summed E-state index contributed by atoms with van der Waals surface area (Å²) in [6.45, 7) is 4.76. The van der Waals surface area contributed by atoms with E-state index < -0.39 is 5.82 Å². The van der Waals surface area contributed by atoms with E-state index in [1.165, 1.54) is 12.1 Å². The van der Waals surface area contributed by atoms with Crippen molar-refractivity contribution in [2.75, 3.05) is 36.4 Å². The molecule has 1 fully saturated rings. The molecule has 0 atom stereocenters. The lowest BCUT2D eigenvalue weighted by Crippen LogP contribution is -2.50. The summed E-state index contributed by atoms with van der Waals surface area (Å²) in [4.78, 5) is 15.7. The Balaban J connectivity index is 1.56. The van der Waals surface area contributed by atoms with Crippen LogP contribution >= 0.6 is 23.8 Å². The maximum atomic E-state index is 13.2. The van der Waals surface area contributed by atoms with Crippen molar-refractivity contribution in [1.29, 1.82) is 0 Å². The van der Waals surface area contributed by atoms with Crippen LogP contribution in [-0.2, 0) is 0 Å². The molecule has 4 nitrogen and oxygen atoms in total. The highest BCUT2D eigenvalue weighted by Crippen LogP contribution is 2.21. The van der Waals surface area contributed by atoms with Crippen molar-refractivity contribution in [1.82, 2.24) is 4.90 Å².